The van der Waals surface area contributed by atoms with E-state index in [-0.39, 0.29) is 31.1 Å². The molecule has 0 aliphatic carbocycles. The molecule has 386 valence electrons. The van der Waals surface area contributed by atoms with E-state index in [1.54, 1.807) is 0 Å². The van der Waals surface area contributed by atoms with Crippen LogP contribution in [0.4, 0.5) is 0 Å². The van der Waals surface area contributed by atoms with E-state index >= 15 is 0 Å². The van der Waals surface area contributed by atoms with Crippen molar-refractivity contribution < 1.29 is 28.6 Å². The minimum absolute atomic E-state index is 0.0619. The molecule has 0 bridgehead atoms. The average Bonchev–Trinajstić information content (AvgIpc) is 3.30. The van der Waals surface area contributed by atoms with Crippen LogP contribution in [-0.2, 0) is 28.6 Å². The summed E-state index contributed by atoms with van der Waals surface area (Å²) in [5.41, 5.74) is 0. The molecule has 6 heteroatoms. The van der Waals surface area contributed by atoms with Crippen LogP contribution >= 0.6 is 0 Å². The van der Waals surface area contributed by atoms with E-state index < -0.39 is 6.10 Å². The molecule has 0 aromatic rings. The number of hydrogen-bond donors (Lipinski definition) is 0. The summed E-state index contributed by atoms with van der Waals surface area (Å²) in [5, 5.41) is 0. The molecule has 65 heavy (non-hydrogen) atoms. The van der Waals surface area contributed by atoms with Gasteiger partial charge in [-0.15, -0.1) is 0 Å². The first kappa shape index (κ1) is 63.4. The van der Waals surface area contributed by atoms with E-state index in [1.165, 1.54) is 244 Å². The van der Waals surface area contributed by atoms with Crippen molar-refractivity contribution in [1.29, 1.82) is 0 Å². The quantitative estimate of drug-likeness (QED) is 0.0344. The maximum Gasteiger partial charge on any atom is 0.306 e. The number of rotatable bonds is 55. The Morgan fingerprint density at radius 1 is 0.246 bits per heavy atom. The van der Waals surface area contributed by atoms with E-state index in [0.29, 0.717) is 19.3 Å². The monoisotopic (exact) mass is 919 g/mol. The van der Waals surface area contributed by atoms with Gasteiger partial charge in [-0.05, 0) is 19.3 Å². The van der Waals surface area contributed by atoms with Gasteiger partial charge in [0.15, 0.2) is 6.10 Å². The molecule has 0 amide bonds. The summed E-state index contributed by atoms with van der Waals surface area (Å²) in [6.45, 7) is 6.66. The lowest BCUT2D eigenvalue weighted by atomic mass is 10.0. The smallest absolute Gasteiger partial charge is 0.306 e. The second kappa shape index (κ2) is 55.0. The van der Waals surface area contributed by atoms with Gasteiger partial charge >= 0.3 is 17.9 Å². The van der Waals surface area contributed by atoms with Crippen molar-refractivity contribution in [3.63, 3.8) is 0 Å². The van der Waals surface area contributed by atoms with E-state index in [0.717, 1.165) is 57.8 Å². The standard InChI is InChI=1S/C59H114O6/c1-4-7-10-13-16-18-20-22-24-26-27-28-29-30-31-32-33-35-36-38-40-43-46-49-52-58(61)64-55-56(54-63-57(60)51-48-45-42-15-12-9-6-3)65-59(62)53-50-47-44-41-39-37-34-25-23-21-19-17-14-11-8-5-2/h56H,4-55H2,1-3H3. The summed E-state index contributed by atoms with van der Waals surface area (Å²) in [7, 11) is 0. The highest BCUT2D eigenvalue weighted by molar-refractivity contribution is 5.71. The normalized spacial score (nSPS) is 11.9. The molecular formula is C59H114O6. The van der Waals surface area contributed by atoms with Gasteiger partial charge in [-0.25, -0.2) is 0 Å². The van der Waals surface area contributed by atoms with E-state index in [9.17, 15) is 14.4 Å². The van der Waals surface area contributed by atoms with Crippen molar-refractivity contribution >= 4 is 17.9 Å². The summed E-state index contributed by atoms with van der Waals surface area (Å²) in [6, 6.07) is 0. The summed E-state index contributed by atoms with van der Waals surface area (Å²) >= 11 is 0. The molecule has 0 rings (SSSR count). The van der Waals surface area contributed by atoms with Crippen LogP contribution in [0.25, 0.3) is 0 Å². The molecule has 0 saturated carbocycles. The van der Waals surface area contributed by atoms with E-state index in [2.05, 4.69) is 20.8 Å². The molecule has 0 heterocycles. The van der Waals surface area contributed by atoms with Gasteiger partial charge in [0.05, 0.1) is 0 Å². The van der Waals surface area contributed by atoms with Gasteiger partial charge in [0.2, 0.25) is 0 Å². The highest BCUT2D eigenvalue weighted by Gasteiger charge is 2.19. The van der Waals surface area contributed by atoms with Gasteiger partial charge < -0.3 is 14.2 Å². The van der Waals surface area contributed by atoms with Crippen LogP contribution in [0, 0.1) is 0 Å². The van der Waals surface area contributed by atoms with Crippen LogP contribution in [-0.4, -0.2) is 37.2 Å². The predicted molar refractivity (Wildman–Crippen MR) is 280 cm³/mol. The van der Waals surface area contributed by atoms with Crippen molar-refractivity contribution in [1.82, 2.24) is 0 Å². The Bertz CT molecular complexity index is 967. The third-order valence-corrected chi connectivity index (χ3v) is 13.6. The van der Waals surface area contributed by atoms with Crippen LogP contribution in [0.3, 0.4) is 0 Å². The topological polar surface area (TPSA) is 78.9 Å². The third-order valence-electron chi connectivity index (χ3n) is 13.6. The molecule has 0 aliphatic rings. The minimum atomic E-state index is -0.760. The minimum Gasteiger partial charge on any atom is -0.462 e. The summed E-state index contributed by atoms with van der Waals surface area (Å²) in [6.07, 6.45) is 61.3. The molecule has 0 radical (unpaired) electrons. The van der Waals surface area contributed by atoms with Crippen molar-refractivity contribution in [3.05, 3.63) is 0 Å². The molecule has 6 nitrogen and oxygen atoms in total. The second-order valence-electron chi connectivity index (χ2n) is 20.3. The maximum absolute atomic E-state index is 12.8. The molecule has 0 N–H and O–H groups in total. The van der Waals surface area contributed by atoms with Crippen molar-refractivity contribution in [2.45, 2.75) is 348 Å². The van der Waals surface area contributed by atoms with E-state index in [4.69, 9.17) is 14.2 Å². The van der Waals surface area contributed by atoms with Crippen molar-refractivity contribution in [3.8, 4) is 0 Å². The third kappa shape index (κ3) is 53.2. The van der Waals surface area contributed by atoms with Gasteiger partial charge in [-0.1, -0.05) is 303 Å². The fraction of sp³-hybridized carbons (Fsp3) is 0.949. The van der Waals surface area contributed by atoms with Crippen molar-refractivity contribution in [2.24, 2.45) is 0 Å². The summed E-state index contributed by atoms with van der Waals surface area (Å²) < 4.78 is 16.8. The zero-order valence-electron chi connectivity index (χ0n) is 44.3. The number of hydrogen-bond acceptors (Lipinski definition) is 6. The molecule has 0 aromatic carbocycles. The largest absolute Gasteiger partial charge is 0.462 e. The molecule has 0 spiro atoms. The zero-order chi connectivity index (χ0) is 47.2. The number of carbonyl (C=O) groups excluding carboxylic acids is 3. The molecule has 0 saturated heterocycles. The highest BCUT2D eigenvalue weighted by atomic mass is 16.6. The van der Waals surface area contributed by atoms with E-state index in [1.807, 2.05) is 0 Å². The Balaban J connectivity index is 4.06. The lowest BCUT2D eigenvalue weighted by Gasteiger charge is -2.18. The first-order valence-corrected chi connectivity index (χ1v) is 29.5. The van der Waals surface area contributed by atoms with Crippen LogP contribution in [0.15, 0.2) is 0 Å². The molecule has 0 fully saturated rings. The Hall–Kier alpha value is -1.59. The Kier molecular flexibility index (Phi) is 53.7. The zero-order valence-corrected chi connectivity index (χ0v) is 44.3. The summed E-state index contributed by atoms with van der Waals surface area (Å²) in [4.78, 5) is 37.9. The summed E-state index contributed by atoms with van der Waals surface area (Å²) in [5.74, 6) is -0.842. The van der Waals surface area contributed by atoms with Gasteiger partial charge in [-0.2, -0.15) is 0 Å². The predicted octanol–water partition coefficient (Wildman–Crippen LogP) is 19.5. The Morgan fingerprint density at radius 2 is 0.415 bits per heavy atom. The molecule has 1 atom stereocenters. The lowest BCUT2D eigenvalue weighted by Crippen LogP contribution is -2.30. The van der Waals surface area contributed by atoms with Gasteiger partial charge in [0.1, 0.15) is 13.2 Å². The van der Waals surface area contributed by atoms with Gasteiger partial charge in [0, 0.05) is 19.3 Å². The lowest BCUT2D eigenvalue weighted by molar-refractivity contribution is -0.167. The Labute approximate surface area is 406 Å². The number of ether oxygens (including phenoxy) is 3. The first-order valence-electron chi connectivity index (χ1n) is 29.5. The second-order valence-corrected chi connectivity index (χ2v) is 20.3. The fourth-order valence-electron chi connectivity index (χ4n) is 9.15. The fourth-order valence-corrected chi connectivity index (χ4v) is 9.15. The highest BCUT2D eigenvalue weighted by Crippen LogP contribution is 2.18. The van der Waals surface area contributed by atoms with Crippen LogP contribution < -0.4 is 0 Å². The molecule has 1 unspecified atom stereocenters. The molecular weight excluding hydrogens is 805 g/mol. The van der Waals surface area contributed by atoms with Crippen LogP contribution in [0.1, 0.15) is 342 Å². The Morgan fingerprint density at radius 3 is 0.615 bits per heavy atom. The molecule has 0 aromatic heterocycles. The number of carbonyl (C=O) groups is 3. The van der Waals surface area contributed by atoms with Gasteiger partial charge in [0.25, 0.3) is 0 Å². The number of unbranched alkanes of at least 4 members (excludes halogenated alkanes) is 44. The number of esters is 3. The molecule has 0 aliphatic heterocycles. The average molecular weight is 920 g/mol. The SMILES string of the molecule is CCCCCCCCCCCCCCCCCCCCCCCCCCC(=O)OCC(COC(=O)CCCCCCCCC)OC(=O)CCCCCCCCCCCCCCCCCC. The van der Waals surface area contributed by atoms with Crippen LogP contribution in [0.2, 0.25) is 0 Å². The van der Waals surface area contributed by atoms with Gasteiger partial charge in [-0.3, -0.25) is 14.4 Å². The first-order chi connectivity index (χ1) is 32.0. The van der Waals surface area contributed by atoms with Crippen molar-refractivity contribution in [2.75, 3.05) is 13.2 Å². The van der Waals surface area contributed by atoms with Crippen LogP contribution in [0.5, 0.6) is 0 Å². The maximum atomic E-state index is 12.8.